The summed E-state index contributed by atoms with van der Waals surface area (Å²) in [5.41, 5.74) is 1.43. The van der Waals surface area contributed by atoms with E-state index in [9.17, 15) is 0 Å². The maximum absolute atomic E-state index is 6.65. The molecule has 0 N–H and O–H groups in total. The molecule has 1 aliphatic rings. The summed E-state index contributed by atoms with van der Waals surface area (Å²) < 4.78 is 5.35. The van der Waals surface area contributed by atoms with E-state index in [4.69, 9.17) is 16.3 Å². The van der Waals surface area contributed by atoms with Gasteiger partial charge in [-0.2, -0.15) is 0 Å². The summed E-state index contributed by atoms with van der Waals surface area (Å²) in [4.78, 5) is 0. The van der Waals surface area contributed by atoms with Crippen LogP contribution in [0.25, 0.3) is 0 Å². The van der Waals surface area contributed by atoms with Gasteiger partial charge < -0.3 is 4.74 Å². The van der Waals surface area contributed by atoms with Crippen LogP contribution in [0.4, 0.5) is 0 Å². The number of rotatable bonds is 3. The average molecular weight is 281 g/mol. The van der Waals surface area contributed by atoms with Gasteiger partial charge in [-0.15, -0.1) is 11.6 Å². The van der Waals surface area contributed by atoms with Gasteiger partial charge in [0.1, 0.15) is 5.75 Å². The zero-order valence-corrected chi connectivity index (χ0v) is 13.2. The first-order valence-electron chi connectivity index (χ1n) is 7.23. The van der Waals surface area contributed by atoms with Gasteiger partial charge in [0.05, 0.1) is 7.11 Å². The van der Waals surface area contributed by atoms with Crippen molar-refractivity contribution in [1.82, 2.24) is 0 Å². The lowest BCUT2D eigenvalue weighted by atomic mass is 9.65. The largest absolute Gasteiger partial charge is 0.497 e. The van der Waals surface area contributed by atoms with Crippen LogP contribution in [0, 0.1) is 11.8 Å². The third-order valence-electron chi connectivity index (χ3n) is 4.78. The standard InChI is InChI=1S/C17H25ClO/c1-12-8-9-15(16(18)10-12)17(2,3)13-6-5-7-14(11-13)19-4/h5-7,11-12,15-16H,8-10H2,1-4H3. The van der Waals surface area contributed by atoms with Gasteiger partial charge >= 0.3 is 0 Å². The lowest BCUT2D eigenvalue weighted by Gasteiger charge is -2.42. The van der Waals surface area contributed by atoms with Crippen molar-refractivity contribution in [2.75, 3.05) is 7.11 Å². The molecule has 0 spiro atoms. The molecule has 0 amide bonds. The molecular formula is C17H25ClO. The summed E-state index contributed by atoms with van der Waals surface area (Å²) in [5, 5.41) is 0.282. The Labute approximate surface area is 122 Å². The molecule has 0 aromatic heterocycles. The van der Waals surface area contributed by atoms with Crippen LogP contribution in [-0.2, 0) is 5.41 Å². The molecule has 0 aliphatic heterocycles. The molecule has 1 aliphatic carbocycles. The van der Waals surface area contributed by atoms with Gasteiger partial charge in [-0.3, -0.25) is 0 Å². The van der Waals surface area contributed by atoms with Crippen LogP contribution in [0.3, 0.4) is 0 Å². The van der Waals surface area contributed by atoms with Crippen molar-refractivity contribution >= 4 is 11.6 Å². The highest BCUT2D eigenvalue weighted by atomic mass is 35.5. The molecule has 2 heteroatoms. The number of methoxy groups -OCH3 is 1. The Morgan fingerprint density at radius 3 is 2.63 bits per heavy atom. The summed E-state index contributed by atoms with van der Waals surface area (Å²) in [5.74, 6) is 2.23. The van der Waals surface area contributed by atoms with Gasteiger partial charge in [0.2, 0.25) is 0 Å². The minimum atomic E-state index is 0.0983. The van der Waals surface area contributed by atoms with Crippen molar-refractivity contribution in [2.24, 2.45) is 11.8 Å². The van der Waals surface area contributed by atoms with Gasteiger partial charge in [0.25, 0.3) is 0 Å². The number of hydrogen-bond acceptors (Lipinski definition) is 1. The van der Waals surface area contributed by atoms with Gasteiger partial charge in [-0.1, -0.05) is 39.3 Å². The van der Waals surface area contributed by atoms with E-state index in [1.165, 1.54) is 18.4 Å². The minimum absolute atomic E-state index is 0.0983. The zero-order chi connectivity index (χ0) is 14.0. The first-order chi connectivity index (χ1) is 8.95. The second-order valence-corrected chi connectivity index (χ2v) is 7.05. The van der Waals surface area contributed by atoms with Crippen molar-refractivity contribution in [1.29, 1.82) is 0 Å². The molecule has 1 nitrogen and oxygen atoms in total. The summed E-state index contributed by atoms with van der Waals surface area (Å²) in [6.07, 6.45) is 3.65. The monoisotopic (exact) mass is 280 g/mol. The maximum Gasteiger partial charge on any atom is 0.119 e. The van der Waals surface area contributed by atoms with Crippen LogP contribution in [0.15, 0.2) is 24.3 Å². The molecule has 1 fully saturated rings. The normalized spacial score (nSPS) is 28.2. The Balaban J connectivity index is 2.25. The van der Waals surface area contributed by atoms with Crippen LogP contribution in [-0.4, -0.2) is 12.5 Å². The fourth-order valence-electron chi connectivity index (χ4n) is 3.36. The molecule has 1 aromatic carbocycles. The predicted octanol–water partition coefficient (Wildman–Crippen LogP) is 5.02. The van der Waals surface area contributed by atoms with E-state index in [1.807, 2.05) is 6.07 Å². The van der Waals surface area contributed by atoms with E-state index >= 15 is 0 Å². The Bertz CT molecular complexity index is 427. The number of benzene rings is 1. The highest BCUT2D eigenvalue weighted by Crippen LogP contribution is 2.44. The Kier molecular flexibility index (Phi) is 4.45. The highest BCUT2D eigenvalue weighted by Gasteiger charge is 2.39. The Hall–Kier alpha value is -0.690. The van der Waals surface area contributed by atoms with Gasteiger partial charge in [-0.25, -0.2) is 0 Å². The molecule has 1 aromatic rings. The quantitative estimate of drug-likeness (QED) is 0.707. The molecule has 3 atom stereocenters. The number of halogens is 1. The molecule has 0 heterocycles. The summed E-state index contributed by atoms with van der Waals surface area (Å²) >= 11 is 6.65. The third kappa shape index (κ3) is 3.08. The van der Waals surface area contributed by atoms with Crippen LogP contribution in [0.5, 0.6) is 5.75 Å². The van der Waals surface area contributed by atoms with E-state index in [2.05, 4.69) is 39.0 Å². The number of hydrogen-bond donors (Lipinski definition) is 0. The van der Waals surface area contributed by atoms with Crippen molar-refractivity contribution in [3.8, 4) is 5.75 Å². The van der Waals surface area contributed by atoms with Crippen molar-refractivity contribution in [3.63, 3.8) is 0 Å². The van der Waals surface area contributed by atoms with Gasteiger partial charge in [0, 0.05) is 5.38 Å². The molecule has 0 radical (unpaired) electrons. The number of alkyl halides is 1. The molecule has 106 valence electrons. The lowest BCUT2D eigenvalue weighted by molar-refractivity contribution is 0.207. The maximum atomic E-state index is 6.65. The molecule has 3 unspecified atom stereocenters. The third-order valence-corrected chi connectivity index (χ3v) is 5.26. The van der Waals surface area contributed by atoms with Crippen LogP contribution < -0.4 is 4.74 Å². The Morgan fingerprint density at radius 1 is 1.26 bits per heavy atom. The Morgan fingerprint density at radius 2 is 2.00 bits per heavy atom. The highest BCUT2D eigenvalue weighted by molar-refractivity contribution is 6.20. The van der Waals surface area contributed by atoms with E-state index < -0.39 is 0 Å². The van der Waals surface area contributed by atoms with E-state index in [0.717, 1.165) is 18.1 Å². The first-order valence-corrected chi connectivity index (χ1v) is 7.67. The SMILES string of the molecule is COc1cccc(C(C)(C)C2CCC(C)CC2Cl)c1. The molecular weight excluding hydrogens is 256 g/mol. The van der Waals surface area contributed by atoms with Gasteiger partial charge in [-0.05, 0) is 47.8 Å². The van der Waals surface area contributed by atoms with Crippen molar-refractivity contribution < 1.29 is 4.74 Å². The van der Waals surface area contributed by atoms with Crippen LogP contribution in [0.1, 0.15) is 45.6 Å². The first kappa shape index (κ1) is 14.7. The average Bonchev–Trinajstić information content (AvgIpc) is 2.38. The van der Waals surface area contributed by atoms with Crippen molar-refractivity contribution in [2.45, 2.75) is 50.8 Å². The van der Waals surface area contributed by atoms with E-state index in [-0.39, 0.29) is 10.8 Å². The molecule has 0 saturated heterocycles. The topological polar surface area (TPSA) is 9.23 Å². The molecule has 2 rings (SSSR count). The predicted molar refractivity (Wildman–Crippen MR) is 82.2 cm³/mol. The smallest absolute Gasteiger partial charge is 0.119 e. The summed E-state index contributed by atoms with van der Waals surface area (Å²) in [6, 6.07) is 8.43. The summed E-state index contributed by atoms with van der Waals surface area (Å²) in [6.45, 7) is 6.94. The second kappa shape index (κ2) is 5.75. The van der Waals surface area contributed by atoms with Crippen molar-refractivity contribution in [3.05, 3.63) is 29.8 Å². The summed E-state index contributed by atoms with van der Waals surface area (Å²) in [7, 11) is 1.72. The fraction of sp³-hybridized carbons (Fsp3) is 0.647. The van der Waals surface area contributed by atoms with Gasteiger partial charge in [0.15, 0.2) is 0 Å². The zero-order valence-electron chi connectivity index (χ0n) is 12.4. The van der Waals surface area contributed by atoms with E-state index in [0.29, 0.717) is 5.92 Å². The molecule has 1 saturated carbocycles. The fourth-order valence-corrected chi connectivity index (χ4v) is 4.11. The van der Waals surface area contributed by atoms with Crippen LogP contribution in [0.2, 0.25) is 0 Å². The van der Waals surface area contributed by atoms with Crippen LogP contribution >= 0.6 is 11.6 Å². The number of ether oxygens (including phenoxy) is 1. The molecule has 0 bridgehead atoms. The minimum Gasteiger partial charge on any atom is -0.497 e. The van der Waals surface area contributed by atoms with E-state index in [1.54, 1.807) is 7.11 Å². The second-order valence-electron chi connectivity index (χ2n) is 6.49. The lowest BCUT2D eigenvalue weighted by Crippen LogP contribution is -2.38. The molecule has 19 heavy (non-hydrogen) atoms.